The Morgan fingerprint density at radius 3 is 2.41 bits per heavy atom. The van der Waals surface area contributed by atoms with Crippen LogP contribution >= 0.6 is 0 Å². The summed E-state index contributed by atoms with van der Waals surface area (Å²) >= 11 is 0. The number of amides is 1. The Labute approximate surface area is 208 Å². The summed E-state index contributed by atoms with van der Waals surface area (Å²) in [4.78, 5) is 28.3. The summed E-state index contributed by atoms with van der Waals surface area (Å²) in [5.74, 6) is -2.01. The molecule has 0 saturated heterocycles. The van der Waals surface area contributed by atoms with Gasteiger partial charge in [0, 0.05) is 30.7 Å². The minimum Gasteiger partial charge on any atom is -0.494 e. The molecule has 0 aliphatic rings. The van der Waals surface area contributed by atoms with Crippen LogP contribution in [0.25, 0.3) is 0 Å². The molecule has 0 saturated carbocycles. The number of hydrogen-bond acceptors (Lipinski definition) is 5. The number of ether oxygens (including phenoxy) is 1. The maximum atomic E-state index is 14.3. The average Bonchev–Trinajstić information content (AvgIpc) is 3.30. The molecule has 1 aromatic carbocycles. The average molecular weight is 515 g/mol. The Morgan fingerprint density at radius 1 is 1.05 bits per heavy atom. The van der Waals surface area contributed by atoms with Crippen LogP contribution in [0.4, 0.5) is 17.6 Å². The Bertz CT molecular complexity index is 1460. The molecule has 0 atom stereocenters. The quantitative estimate of drug-likeness (QED) is 0.362. The normalized spacial score (nSPS) is 11.4. The molecular weight excluding hydrogens is 494 g/mol. The summed E-state index contributed by atoms with van der Waals surface area (Å²) in [5, 5.41) is 5.83. The molecule has 8 nitrogen and oxygen atoms in total. The van der Waals surface area contributed by atoms with Crippen molar-refractivity contribution >= 4 is 5.91 Å². The first-order valence-corrected chi connectivity index (χ1v) is 11.0. The Kier molecular flexibility index (Phi) is 7.37. The van der Waals surface area contributed by atoms with Crippen molar-refractivity contribution in [3.63, 3.8) is 0 Å². The maximum Gasteiger partial charge on any atom is 0.435 e. The molecule has 12 heteroatoms. The first-order chi connectivity index (χ1) is 17.7. The molecule has 0 radical (unpaired) electrons. The Morgan fingerprint density at radius 2 is 1.76 bits per heavy atom. The molecule has 0 bridgehead atoms. The third-order valence-electron chi connectivity index (χ3n) is 5.46. The van der Waals surface area contributed by atoms with Crippen LogP contribution in [0.2, 0.25) is 0 Å². The first kappa shape index (κ1) is 25.6. The molecule has 0 fully saturated rings. The van der Waals surface area contributed by atoms with E-state index in [4.69, 9.17) is 4.74 Å². The topological polar surface area (TPSA) is 91.0 Å². The van der Waals surface area contributed by atoms with E-state index in [1.165, 1.54) is 30.0 Å². The van der Waals surface area contributed by atoms with Crippen molar-refractivity contribution in [1.29, 1.82) is 0 Å². The van der Waals surface area contributed by atoms with Crippen molar-refractivity contribution in [2.24, 2.45) is 0 Å². The van der Waals surface area contributed by atoms with Gasteiger partial charge >= 0.3 is 6.18 Å². The maximum absolute atomic E-state index is 14.3. The van der Waals surface area contributed by atoms with Crippen molar-refractivity contribution in [3.8, 4) is 5.75 Å². The SMILES string of the molecule is COc1ccnc(CNC(=O)c2cn(Cc3ccc(Cn4ccccc4=O)cc3)nc2C(F)(F)F)c1F. The highest BCUT2D eigenvalue weighted by Gasteiger charge is 2.39. The molecule has 1 N–H and O–H groups in total. The second-order valence-corrected chi connectivity index (χ2v) is 8.03. The van der Waals surface area contributed by atoms with E-state index in [0.29, 0.717) is 12.1 Å². The van der Waals surface area contributed by atoms with Gasteiger partial charge in [0.2, 0.25) is 0 Å². The first-order valence-electron chi connectivity index (χ1n) is 11.0. The number of methoxy groups -OCH3 is 1. The number of nitrogens with zero attached hydrogens (tertiary/aromatic N) is 4. The minimum atomic E-state index is -4.88. The number of nitrogens with one attached hydrogen (secondary N) is 1. The third kappa shape index (κ3) is 6.02. The standard InChI is InChI=1S/C25H21F4N5O3/c1-37-20-9-10-30-19(22(20)26)12-31-24(36)18-15-34(32-23(18)25(27,28)29)14-17-7-5-16(6-8-17)13-33-11-3-2-4-21(33)35/h2-11,15H,12-14H2,1H3,(H,31,36). The van der Waals surface area contributed by atoms with Crippen LogP contribution in [0, 0.1) is 5.82 Å². The van der Waals surface area contributed by atoms with Crippen LogP contribution in [-0.2, 0) is 25.8 Å². The van der Waals surface area contributed by atoms with Gasteiger partial charge in [0.25, 0.3) is 11.5 Å². The van der Waals surface area contributed by atoms with Gasteiger partial charge in [-0.15, -0.1) is 0 Å². The lowest BCUT2D eigenvalue weighted by atomic mass is 10.1. The van der Waals surface area contributed by atoms with Crippen LogP contribution in [-0.4, -0.2) is 32.3 Å². The summed E-state index contributed by atoms with van der Waals surface area (Å²) in [7, 11) is 1.25. The number of alkyl halides is 3. The van der Waals surface area contributed by atoms with Crippen molar-refractivity contribution in [2.75, 3.05) is 7.11 Å². The second-order valence-electron chi connectivity index (χ2n) is 8.03. The fourth-order valence-electron chi connectivity index (χ4n) is 3.61. The van der Waals surface area contributed by atoms with Crippen LogP contribution < -0.4 is 15.6 Å². The highest BCUT2D eigenvalue weighted by molar-refractivity contribution is 5.95. The summed E-state index contributed by atoms with van der Waals surface area (Å²) in [5.41, 5.74) is -0.938. The lowest BCUT2D eigenvalue weighted by Gasteiger charge is -2.09. The molecule has 0 aliphatic heterocycles. The number of hydrogen-bond donors (Lipinski definition) is 1. The fourth-order valence-corrected chi connectivity index (χ4v) is 3.61. The number of carbonyl (C=O) groups is 1. The van der Waals surface area contributed by atoms with E-state index in [2.05, 4.69) is 15.4 Å². The van der Waals surface area contributed by atoms with Crippen LogP contribution in [0.15, 0.2) is 71.9 Å². The van der Waals surface area contributed by atoms with Crippen molar-refractivity contribution in [3.05, 3.63) is 111 Å². The van der Waals surface area contributed by atoms with E-state index < -0.39 is 35.7 Å². The van der Waals surface area contributed by atoms with Crippen molar-refractivity contribution in [2.45, 2.75) is 25.8 Å². The van der Waals surface area contributed by atoms with Gasteiger partial charge in [-0.1, -0.05) is 30.3 Å². The van der Waals surface area contributed by atoms with Crippen LogP contribution in [0.3, 0.4) is 0 Å². The predicted octanol–water partition coefficient (Wildman–Crippen LogP) is 3.63. The molecule has 1 amide bonds. The monoisotopic (exact) mass is 515 g/mol. The van der Waals surface area contributed by atoms with Gasteiger partial charge in [-0.05, 0) is 17.2 Å². The molecule has 0 aliphatic carbocycles. The molecule has 37 heavy (non-hydrogen) atoms. The zero-order chi connectivity index (χ0) is 26.6. The number of rotatable bonds is 8. The number of pyridine rings is 2. The van der Waals surface area contributed by atoms with Gasteiger partial charge in [-0.3, -0.25) is 19.3 Å². The molecule has 3 aromatic heterocycles. The van der Waals surface area contributed by atoms with E-state index in [0.717, 1.165) is 16.4 Å². The highest BCUT2D eigenvalue weighted by atomic mass is 19.4. The number of benzene rings is 1. The van der Waals surface area contributed by atoms with Crippen molar-refractivity contribution < 1.29 is 27.1 Å². The van der Waals surface area contributed by atoms with E-state index in [1.807, 2.05) is 0 Å². The van der Waals surface area contributed by atoms with Crippen LogP contribution in [0.5, 0.6) is 5.75 Å². The third-order valence-corrected chi connectivity index (χ3v) is 5.46. The van der Waals surface area contributed by atoms with E-state index in [1.54, 1.807) is 42.6 Å². The molecular formula is C25H21F4N5O3. The largest absolute Gasteiger partial charge is 0.494 e. The molecule has 0 spiro atoms. The number of carbonyl (C=O) groups excluding carboxylic acids is 1. The van der Waals surface area contributed by atoms with E-state index >= 15 is 0 Å². The summed E-state index contributed by atoms with van der Waals surface area (Å²) in [6, 6.07) is 13.0. The molecule has 192 valence electrons. The smallest absolute Gasteiger partial charge is 0.435 e. The second kappa shape index (κ2) is 10.6. The minimum absolute atomic E-state index is 0.0337. The van der Waals surface area contributed by atoms with Gasteiger partial charge in [0.1, 0.15) is 0 Å². The number of aromatic nitrogens is 4. The zero-order valence-corrected chi connectivity index (χ0v) is 19.5. The highest BCUT2D eigenvalue weighted by Crippen LogP contribution is 2.31. The Balaban J connectivity index is 1.49. The molecule has 4 rings (SSSR count). The summed E-state index contributed by atoms with van der Waals surface area (Å²) in [6.07, 6.45) is -0.981. The van der Waals surface area contributed by atoms with E-state index in [9.17, 15) is 27.2 Å². The molecule has 0 unspecified atom stereocenters. The lowest BCUT2D eigenvalue weighted by Crippen LogP contribution is -2.26. The van der Waals surface area contributed by atoms with Gasteiger partial charge in [-0.2, -0.15) is 18.3 Å². The van der Waals surface area contributed by atoms with Gasteiger partial charge in [-0.25, -0.2) is 4.39 Å². The fraction of sp³-hybridized carbons (Fsp3) is 0.200. The summed E-state index contributed by atoms with van der Waals surface area (Å²) in [6.45, 7) is -0.142. The Hall–Kier alpha value is -4.48. The molecule has 4 aromatic rings. The zero-order valence-electron chi connectivity index (χ0n) is 19.5. The van der Waals surface area contributed by atoms with Crippen molar-refractivity contribution in [1.82, 2.24) is 24.6 Å². The van der Waals surface area contributed by atoms with E-state index in [-0.39, 0.29) is 23.5 Å². The number of halogens is 4. The predicted molar refractivity (Wildman–Crippen MR) is 124 cm³/mol. The van der Waals surface area contributed by atoms with Gasteiger partial charge in [0.05, 0.1) is 38.0 Å². The molecule has 3 heterocycles. The van der Waals surface area contributed by atoms with Gasteiger partial charge in [0.15, 0.2) is 17.3 Å². The lowest BCUT2D eigenvalue weighted by molar-refractivity contribution is -0.141. The van der Waals surface area contributed by atoms with Gasteiger partial charge < -0.3 is 14.6 Å². The van der Waals surface area contributed by atoms with Crippen LogP contribution in [0.1, 0.15) is 32.9 Å². The summed E-state index contributed by atoms with van der Waals surface area (Å²) < 4.78 is 62.5.